The number of hydrogen-bond donors (Lipinski definition) is 0. The van der Waals surface area contributed by atoms with Crippen LogP contribution in [-0.4, -0.2) is 34.1 Å². The molecule has 23 heavy (non-hydrogen) atoms. The molecule has 14 heteroatoms. The molecule has 0 aliphatic heterocycles. The van der Waals surface area contributed by atoms with E-state index in [1.807, 2.05) is 0 Å². The van der Waals surface area contributed by atoms with Crippen LogP contribution >= 0.6 is 0 Å². The second-order valence-electron chi connectivity index (χ2n) is 4.27. The molecule has 0 radical (unpaired) electrons. The third kappa shape index (κ3) is 7.22. The van der Waals surface area contributed by atoms with Gasteiger partial charge in [-0.3, -0.25) is 0 Å². The topological polar surface area (TPSA) is 86.7 Å². The molecule has 0 amide bonds. The number of rotatable bonds is 9. The lowest BCUT2D eigenvalue weighted by atomic mass is 10.1. The van der Waals surface area contributed by atoms with E-state index < -0.39 is 44.0 Å². The van der Waals surface area contributed by atoms with E-state index in [1.165, 1.54) is 0 Å². The quantitative estimate of drug-likeness (QED) is 0.196. The second kappa shape index (κ2) is 7.98. The van der Waals surface area contributed by atoms with Gasteiger partial charge in [-0.05, 0) is 6.42 Å². The van der Waals surface area contributed by atoms with Crippen LogP contribution in [0.2, 0.25) is 0 Å². The van der Waals surface area contributed by atoms with Crippen molar-refractivity contribution in [2.24, 2.45) is 0 Å². The Morgan fingerprint density at radius 3 is 1.48 bits per heavy atom. The standard InChI is InChI=1S/C9H14F6O6S2/c1-2-3-4-5-6-7(20-22(16,17)8(10,11)12)21-23(18,19)9(13,14)15/h7H,2-6H2,1H3. The van der Waals surface area contributed by atoms with Gasteiger partial charge in [0.1, 0.15) is 0 Å². The van der Waals surface area contributed by atoms with Crippen molar-refractivity contribution in [3.05, 3.63) is 0 Å². The van der Waals surface area contributed by atoms with Crippen LogP contribution in [0.4, 0.5) is 26.3 Å². The molecule has 0 unspecified atom stereocenters. The summed E-state index contributed by atoms with van der Waals surface area (Å²) < 4.78 is 123. The van der Waals surface area contributed by atoms with E-state index in [1.54, 1.807) is 6.92 Å². The van der Waals surface area contributed by atoms with Gasteiger partial charge in [-0.25, -0.2) is 8.37 Å². The van der Waals surface area contributed by atoms with Crippen molar-refractivity contribution in [3.8, 4) is 0 Å². The van der Waals surface area contributed by atoms with Gasteiger partial charge in [-0.2, -0.15) is 43.2 Å². The highest BCUT2D eigenvalue weighted by Crippen LogP contribution is 2.31. The molecule has 0 aromatic heterocycles. The first-order chi connectivity index (χ1) is 10.1. The highest BCUT2D eigenvalue weighted by Gasteiger charge is 2.52. The van der Waals surface area contributed by atoms with Crippen LogP contribution in [0.1, 0.15) is 39.0 Å². The second-order valence-corrected chi connectivity index (χ2v) is 7.40. The summed E-state index contributed by atoms with van der Waals surface area (Å²) in [5.74, 6) is 0. The summed E-state index contributed by atoms with van der Waals surface area (Å²) >= 11 is 0. The van der Waals surface area contributed by atoms with Crippen molar-refractivity contribution < 1.29 is 51.5 Å². The molecule has 0 N–H and O–H groups in total. The summed E-state index contributed by atoms with van der Waals surface area (Å²) in [6.07, 6.45) is -2.13. The zero-order chi connectivity index (χ0) is 18.5. The van der Waals surface area contributed by atoms with Crippen molar-refractivity contribution in [2.75, 3.05) is 0 Å². The van der Waals surface area contributed by atoms with Crippen molar-refractivity contribution in [3.63, 3.8) is 0 Å². The van der Waals surface area contributed by atoms with Crippen LogP contribution < -0.4 is 0 Å². The number of unbranched alkanes of at least 4 members (excludes halogenated alkanes) is 3. The van der Waals surface area contributed by atoms with E-state index in [2.05, 4.69) is 8.37 Å². The third-order valence-corrected chi connectivity index (χ3v) is 4.40. The van der Waals surface area contributed by atoms with Crippen LogP contribution in [0, 0.1) is 0 Å². The molecule has 0 spiro atoms. The molecular formula is C9H14F6O6S2. The van der Waals surface area contributed by atoms with E-state index in [0.29, 0.717) is 19.3 Å². The molecule has 0 atom stereocenters. The number of alkyl halides is 6. The lowest BCUT2D eigenvalue weighted by Gasteiger charge is -2.19. The lowest BCUT2D eigenvalue weighted by Crippen LogP contribution is -2.36. The van der Waals surface area contributed by atoms with Crippen LogP contribution in [0.25, 0.3) is 0 Å². The molecule has 0 aromatic carbocycles. The minimum atomic E-state index is -6.31. The average Bonchev–Trinajstić information content (AvgIpc) is 2.30. The first-order valence-electron chi connectivity index (χ1n) is 6.13. The maximum absolute atomic E-state index is 12.2. The molecule has 0 rings (SSSR count). The minimum Gasteiger partial charge on any atom is -0.230 e. The van der Waals surface area contributed by atoms with Crippen molar-refractivity contribution in [2.45, 2.75) is 56.3 Å². The summed E-state index contributed by atoms with van der Waals surface area (Å²) in [5, 5.41) is 0. The molecular weight excluding hydrogens is 382 g/mol. The highest BCUT2D eigenvalue weighted by molar-refractivity contribution is 7.88. The van der Waals surface area contributed by atoms with Gasteiger partial charge < -0.3 is 0 Å². The number of hydrogen-bond acceptors (Lipinski definition) is 6. The molecule has 0 aliphatic rings. The molecule has 6 nitrogen and oxygen atoms in total. The van der Waals surface area contributed by atoms with Crippen molar-refractivity contribution in [1.29, 1.82) is 0 Å². The lowest BCUT2D eigenvalue weighted by molar-refractivity contribution is -0.0878. The Morgan fingerprint density at radius 1 is 0.783 bits per heavy atom. The molecule has 0 bridgehead atoms. The Morgan fingerprint density at radius 2 is 1.17 bits per heavy atom. The minimum absolute atomic E-state index is 0.0980. The molecule has 0 aromatic rings. The molecule has 0 heterocycles. The Bertz CT molecular complexity index is 518. The Kier molecular flexibility index (Phi) is 7.78. The van der Waals surface area contributed by atoms with Gasteiger partial charge in [0.25, 0.3) is 0 Å². The fourth-order valence-corrected chi connectivity index (χ4v) is 2.35. The summed E-state index contributed by atoms with van der Waals surface area (Å²) in [7, 11) is -12.6. The van der Waals surface area contributed by atoms with E-state index in [9.17, 15) is 43.2 Å². The fraction of sp³-hybridized carbons (Fsp3) is 1.00. The van der Waals surface area contributed by atoms with Gasteiger partial charge >= 0.3 is 31.3 Å². The van der Waals surface area contributed by atoms with E-state index in [0.717, 1.165) is 0 Å². The Hall–Kier alpha value is -0.600. The van der Waals surface area contributed by atoms with Crippen molar-refractivity contribution in [1.82, 2.24) is 0 Å². The van der Waals surface area contributed by atoms with Crippen molar-refractivity contribution >= 4 is 20.2 Å². The summed E-state index contributed by atoms with van der Waals surface area (Å²) in [6.45, 7) is 1.76. The first-order valence-corrected chi connectivity index (χ1v) is 8.95. The van der Waals surface area contributed by atoms with Gasteiger partial charge in [-0.1, -0.05) is 26.2 Å². The van der Waals surface area contributed by atoms with Gasteiger partial charge in [0.2, 0.25) is 0 Å². The monoisotopic (exact) mass is 396 g/mol. The maximum Gasteiger partial charge on any atom is 0.523 e. The Balaban J connectivity index is 5.19. The fourth-order valence-electron chi connectivity index (χ4n) is 1.24. The Labute approximate surface area is 129 Å². The van der Waals surface area contributed by atoms with E-state index in [-0.39, 0.29) is 6.42 Å². The number of halogens is 6. The van der Waals surface area contributed by atoms with Crippen LogP contribution in [-0.2, 0) is 28.6 Å². The normalized spacial score (nSPS) is 14.4. The first kappa shape index (κ1) is 22.4. The predicted octanol–water partition coefficient (Wildman–Crippen LogP) is 3.02. The zero-order valence-corrected chi connectivity index (χ0v) is 13.3. The smallest absolute Gasteiger partial charge is 0.230 e. The van der Waals surface area contributed by atoms with E-state index >= 15 is 0 Å². The highest BCUT2D eigenvalue weighted by atomic mass is 32.2. The van der Waals surface area contributed by atoms with Crippen LogP contribution in [0.3, 0.4) is 0 Å². The molecule has 0 saturated heterocycles. The molecule has 0 saturated carbocycles. The molecule has 0 fully saturated rings. The summed E-state index contributed by atoms with van der Waals surface area (Å²) in [4.78, 5) is 0. The SMILES string of the molecule is CCCCCCC(OS(=O)(=O)C(F)(F)F)OS(=O)(=O)C(F)(F)F. The molecule has 0 aliphatic carbocycles. The third-order valence-electron chi connectivity index (χ3n) is 2.33. The predicted molar refractivity (Wildman–Crippen MR) is 64.7 cm³/mol. The average molecular weight is 396 g/mol. The van der Waals surface area contributed by atoms with Crippen LogP contribution in [0.5, 0.6) is 0 Å². The van der Waals surface area contributed by atoms with Gasteiger partial charge in [0.05, 0.1) is 0 Å². The zero-order valence-electron chi connectivity index (χ0n) is 11.6. The van der Waals surface area contributed by atoms with Gasteiger partial charge in [0.15, 0.2) is 6.29 Å². The van der Waals surface area contributed by atoms with Crippen LogP contribution in [0.15, 0.2) is 0 Å². The summed E-state index contributed by atoms with van der Waals surface area (Å²) in [6, 6.07) is 0. The maximum atomic E-state index is 12.2. The van der Waals surface area contributed by atoms with E-state index in [4.69, 9.17) is 0 Å². The summed E-state index contributed by atoms with van der Waals surface area (Å²) in [5.41, 5.74) is -11.9. The molecule has 140 valence electrons. The van der Waals surface area contributed by atoms with Gasteiger partial charge in [-0.15, -0.1) is 0 Å². The van der Waals surface area contributed by atoms with Gasteiger partial charge in [0, 0.05) is 6.42 Å². The largest absolute Gasteiger partial charge is 0.523 e.